The molecule has 2 aliphatic carbocycles. The number of phenolic OH excluding ortho intramolecular Hbond substituents is 1. The van der Waals surface area contributed by atoms with Crippen LogP contribution in [0.4, 0.5) is 5.69 Å². The van der Waals surface area contributed by atoms with E-state index in [4.69, 9.17) is 4.74 Å². The number of methoxy groups -OCH3 is 1. The number of carbonyl (C=O) groups excluding carboxylic acids is 4. The third-order valence-electron chi connectivity index (χ3n) is 10.9. The van der Waals surface area contributed by atoms with Crippen LogP contribution in [0, 0.1) is 30.6 Å². The number of phenols is 1. The first kappa shape index (κ1) is 33.5. The Morgan fingerprint density at radius 2 is 1.72 bits per heavy atom. The molecule has 50 heavy (non-hydrogen) atoms. The number of carbonyl (C=O) groups is 5. The summed E-state index contributed by atoms with van der Waals surface area (Å²) in [6, 6.07) is 19.9. The van der Waals surface area contributed by atoms with E-state index in [1.807, 2.05) is 55.5 Å². The number of amides is 4. The molecule has 12 heteroatoms. The monoisotopic (exact) mass is 741 g/mol. The predicted molar refractivity (Wildman–Crippen MR) is 185 cm³/mol. The van der Waals surface area contributed by atoms with Crippen LogP contribution < -0.4 is 10.2 Å². The lowest BCUT2D eigenvalue weighted by atomic mass is 9.49. The molecular weight excluding hydrogens is 706 g/mol. The zero-order valence-corrected chi connectivity index (χ0v) is 29.1. The van der Waals surface area contributed by atoms with Crippen molar-refractivity contribution in [2.75, 3.05) is 19.1 Å². The second-order valence-corrected chi connectivity index (χ2v) is 14.3. The van der Waals surface area contributed by atoms with Gasteiger partial charge in [-0.05, 0) is 83.4 Å². The molecule has 258 valence electrons. The van der Waals surface area contributed by atoms with Crippen molar-refractivity contribution in [1.82, 2.24) is 9.91 Å². The van der Waals surface area contributed by atoms with Crippen molar-refractivity contribution >= 4 is 51.2 Å². The number of anilines is 1. The molecule has 3 fully saturated rings. The summed E-state index contributed by atoms with van der Waals surface area (Å²) in [4.78, 5) is 70.1. The van der Waals surface area contributed by atoms with Crippen molar-refractivity contribution in [3.05, 3.63) is 99.5 Å². The van der Waals surface area contributed by atoms with E-state index in [1.165, 1.54) is 12.0 Å². The zero-order valence-electron chi connectivity index (χ0n) is 27.5. The van der Waals surface area contributed by atoms with Crippen molar-refractivity contribution in [2.45, 2.75) is 43.9 Å². The first-order valence-electron chi connectivity index (χ1n) is 16.6. The molecule has 2 aliphatic heterocycles. The number of aryl methyl sites for hydroxylation is 1. The number of carboxylic acids is 1. The van der Waals surface area contributed by atoms with Gasteiger partial charge in [-0.1, -0.05) is 59.7 Å². The normalized spacial score (nSPS) is 27.1. The van der Waals surface area contributed by atoms with Crippen LogP contribution in [-0.4, -0.2) is 63.4 Å². The number of nitrogens with zero attached hydrogens (tertiary/aromatic N) is 2. The van der Waals surface area contributed by atoms with Gasteiger partial charge in [0.2, 0.25) is 11.8 Å². The summed E-state index contributed by atoms with van der Waals surface area (Å²) in [6.45, 7) is 1.93. The fourth-order valence-electron chi connectivity index (χ4n) is 8.71. The lowest BCUT2D eigenvalue weighted by Gasteiger charge is -2.50. The van der Waals surface area contributed by atoms with E-state index in [2.05, 4.69) is 21.4 Å². The maximum atomic E-state index is 15.2. The lowest BCUT2D eigenvalue weighted by molar-refractivity contribution is -0.142. The standard InChI is InChI=1S/C38H36BrN3O8/c1-20-10-12-23(13-11-20)40-42-35(47)27-19-26-24(14-15-25-31(26)36(48)41(34(25)46)16-6-9-30(43)44)32(21-17-28(39)33(45)29(18-21)50-2)38(27,37(42)49)22-7-4-3-5-8-22/h3-5,7-8,10-14,17-18,25-27,31-32,40,45H,6,9,15-16,19H2,1-2H3,(H,43,44)/t25-,26+,27-,31-,32-,38+/m0/s1. The quantitative estimate of drug-likeness (QED) is 0.195. The van der Waals surface area contributed by atoms with Crippen molar-refractivity contribution in [1.29, 1.82) is 0 Å². The van der Waals surface area contributed by atoms with E-state index >= 15 is 4.79 Å². The van der Waals surface area contributed by atoms with Gasteiger partial charge in [-0.2, -0.15) is 5.01 Å². The molecule has 3 aromatic carbocycles. The molecule has 0 spiro atoms. The summed E-state index contributed by atoms with van der Waals surface area (Å²) in [5.74, 6) is -6.39. The molecule has 3 aromatic rings. The Morgan fingerprint density at radius 3 is 2.40 bits per heavy atom. The molecule has 2 saturated heterocycles. The van der Waals surface area contributed by atoms with Gasteiger partial charge in [-0.25, -0.2) is 0 Å². The largest absolute Gasteiger partial charge is 0.503 e. The van der Waals surface area contributed by atoms with E-state index < -0.39 is 52.8 Å². The Hall–Kier alpha value is -4.97. The number of ether oxygens (including phenoxy) is 1. The second kappa shape index (κ2) is 12.7. The number of rotatable bonds is 9. The highest BCUT2D eigenvalue weighted by molar-refractivity contribution is 9.10. The Labute approximate surface area is 297 Å². The number of likely N-dealkylation sites (tertiary alicyclic amines) is 1. The number of fused-ring (bicyclic) bond motifs is 4. The van der Waals surface area contributed by atoms with Crippen molar-refractivity contribution in [3.63, 3.8) is 0 Å². The number of halogens is 1. The number of imide groups is 2. The van der Waals surface area contributed by atoms with Crippen LogP contribution in [0.15, 0.2) is 82.9 Å². The minimum absolute atomic E-state index is 0.00635. The number of allylic oxidation sites excluding steroid dienone is 2. The molecule has 0 unspecified atom stereocenters. The number of carboxylic acid groups (broad SMARTS) is 1. The van der Waals surface area contributed by atoms with Crippen LogP contribution >= 0.6 is 15.9 Å². The average Bonchev–Trinajstić information content (AvgIpc) is 3.47. The molecule has 11 nitrogen and oxygen atoms in total. The van der Waals surface area contributed by atoms with Crippen molar-refractivity contribution < 1.29 is 38.9 Å². The van der Waals surface area contributed by atoms with Crippen molar-refractivity contribution in [2.24, 2.45) is 23.7 Å². The number of aliphatic carboxylic acids is 1. The third kappa shape index (κ3) is 5.10. The summed E-state index contributed by atoms with van der Waals surface area (Å²) < 4.78 is 5.87. The number of hydrazine groups is 1. The topological polar surface area (TPSA) is 154 Å². The van der Waals surface area contributed by atoms with E-state index in [9.17, 15) is 29.4 Å². The van der Waals surface area contributed by atoms with Gasteiger partial charge in [-0.15, -0.1) is 0 Å². The fraction of sp³-hybridized carbons (Fsp3) is 0.342. The summed E-state index contributed by atoms with van der Waals surface area (Å²) >= 11 is 3.46. The molecule has 4 amide bonds. The number of nitrogens with one attached hydrogen (secondary N) is 1. The number of hydrogen-bond acceptors (Lipinski definition) is 8. The second-order valence-electron chi connectivity index (χ2n) is 13.5. The Morgan fingerprint density at radius 1 is 1.00 bits per heavy atom. The highest BCUT2D eigenvalue weighted by atomic mass is 79.9. The Bertz CT molecular complexity index is 1950. The van der Waals surface area contributed by atoms with Crippen LogP contribution in [-0.2, 0) is 29.4 Å². The fourth-order valence-corrected chi connectivity index (χ4v) is 9.17. The molecule has 2 heterocycles. The molecule has 0 bridgehead atoms. The number of hydrogen-bond donors (Lipinski definition) is 3. The van der Waals surface area contributed by atoms with Gasteiger partial charge < -0.3 is 14.9 Å². The molecule has 3 N–H and O–H groups in total. The van der Waals surface area contributed by atoms with E-state index in [-0.39, 0.29) is 55.5 Å². The van der Waals surface area contributed by atoms with Gasteiger partial charge >= 0.3 is 5.97 Å². The third-order valence-corrected chi connectivity index (χ3v) is 11.5. The summed E-state index contributed by atoms with van der Waals surface area (Å²) in [7, 11) is 1.43. The van der Waals surface area contributed by atoms with Gasteiger partial charge in [0.05, 0.1) is 40.4 Å². The van der Waals surface area contributed by atoms with E-state index in [0.717, 1.165) is 16.1 Å². The lowest BCUT2D eigenvalue weighted by Crippen LogP contribution is -2.53. The molecule has 0 radical (unpaired) electrons. The van der Waals surface area contributed by atoms with Gasteiger partial charge in [0.1, 0.15) is 0 Å². The Kier molecular flexibility index (Phi) is 8.53. The summed E-state index contributed by atoms with van der Waals surface area (Å²) in [5, 5.41) is 21.1. The maximum absolute atomic E-state index is 15.2. The molecule has 6 atom stereocenters. The van der Waals surface area contributed by atoms with Gasteiger partial charge in [0.25, 0.3) is 11.8 Å². The number of aromatic hydroxyl groups is 1. The minimum Gasteiger partial charge on any atom is -0.503 e. The van der Waals surface area contributed by atoms with Crippen molar-refractivity contribution in [3.8, 4) is 11.5 Å². The van der Waals surface area contributed by atoms with E-state index in [1.54, 1.807) is 24.3 Å². The summed E-state index contributed by atoms with van der Waals surface area (Å²) in [6.07, 6.45) is 2.28. The van der Waals surface area contributed by atoms with Gasteiger partial charge in [0, 0.05) is 18.9 Å². The molecule has 4 aliphatic rings. The van der Waals surface area contributed by atoms with Gasteiger partial charge in [0.15, 0.2) is 11.5 Å². The average molecular weight is 743 g/mol. The van der Waals surface area contributed by atoms with Crippen LogP contribution in [0.2, 0.25) is 0 Å². The van der Waals surface area contributed by atoms with E-state index in [0.29, 0.717) is 21.3 Å². The smallest absolute Gasteiger partial charge is 0.303 e. The first-order chi connectivity index (χ1) is 24.0. The SMILES string of the molecule is COc1cc([C@H]2C3=CC[C@@H]4C(=O)N(CCCC(=O)O)C(=O)[C@@H]4[C@@H]3C[C@H]3C(=O)N(Nc4ccc(C)cc4)C(=O)[C@@]23c2ccccc2)cc(Br)c1O. The maximum Gasteiger partial charge on any atom is 0.303 e. The van der Waals surface area contributed by atoms with Crippen LogP contribution in [0.5, 0.6) is 11.5 Å². The molecule has 0 aromatic heterocycles. The highest BCUT2D eigenvalue weighted by Crippen LogP contribution is 2.64. The minimum atomic E-state index is -1.47. The molecular formula is C38H36BrN3O8. The van der Waals surface area contributed by atoms with Crippen LogP contribution in [0.3, 0.4) is 0 Å². The number of benzene rings is 3. The van der Waals surface area contributed by atoms with Crippen LogP contribution in [0.25, 0.3) is 0 Å². The highest BCUT2D eigenvalue weighted by Gasteiger charge is 2.70. The first-order valence-corrected chi connectivity index (χ1v) is 17.4. The zero-order chi connectivity index (χ0) is 35.5. The summed E-state index contributed by atoms with van der Waals surface area (Å²) in [5.41, 5.74) is 5.14. The predicted octanol–water partition coefficient (Wildman–Crippen LogP) is 5.32. The Balaban J connectivity index is 1.42. The molecule has 1 saturated carbocycles. The van der Waals surface area contributed by atoms with Gasteiger partial charge in [-0.3, -0.25) is 34.3 Å². The molecule has 7 rings (SSSR count). The van der Waals surface area contributed by atoms with Crippen LogP contribution in [0.1, 0.15) is 48.3 Å².